The van der Waals surface area contributed by atoms with Crippen LogP contribution in [0.15, 0.2) is 48.5 Å². The van der Waals surface area contributed by atoms with Crippen LogP contribution in [-0.2, 0) is 18.5 Å². The summed E-state index contributed by atoms with van der Waals surface area (Å²) in [7, 11) is 0. The molecule has 0 saturated heterocycles. The molecule has 0 fully saturated rings. The summed E-state index contributed by atoms with van der Waals surface area (Å²) in [5.41, 5.74) is 4.67. The minimum atomic E-state index is 0.117. The lowest BCUT2D eigenvalue weighted by Gasteiger charge is -2.20. The summed E-state index contributed by atoms with van der Waals surface area (Å²) in [5.74, 6) is 0.117. The maximum Gasteiger partial charge on any atom is 0.254 e. The SMILES string of the molecule is CC(C)(C)c1ccc(C(=O)N2Cc3ccccc3C2)cc1. The molecule has 2 aromatic rings. The maximum atomic E-state index is 12.6. The Labute approximate surface area is 126 Å². The first kappa shape index (κ1) is 13.9. The zero-order valence-electron chi connectivity index (χ0n) is 12.9. The quantitative estimate of drug-likeness (QED) is 0.768. The van der Waals surface area contributed by atoms with Crippen molar-refractivity contribution in [3.8, 4) is 0 Å². The van der Waals surface area contributed by atoms with Crippen LogP contribution in [0.5, 0.6) is 0 Å². The van der Waals surface area contributed by atoms with E-state index in [1.54, 1.807) is 0 Å². The predicted octanol–water partition coefficient (Wildman–Crippen LogP) is 4.14. The Kier molecular flexibility index (Phi) is 3.32. The van der Waals surface area contributed by atoms with Crippen molar-refractivity contribution in [2.75, 3.05) is 0 Å². The molecule has 1 aliphatic heterocycles. The lowest BCUT2D eigenvalue weighted by molar-refractivity contribution is 0.0751. The molecule has 0 atom stereocenters. The summed E-state index contributed by atoms with van der Waals surface area (Å²) in [6, 6.07) is 16.3. The van der Waals surface area contributed by atoms with Gasteiger partial charge >= 0.3 is 0 Å². The van der Waals surface area contributed by atoms with E-state index in [4.69, 9.17) is 0 Å². The van der Waals surface area contributed by atoms with E-state index in [1.807, 2.05) is 29.2 Å². The third-order valence-electron chi connectivity index (χ3n) is 4.13. The Bertz CT molecular complexity index is 640. The summed E-state index contributed by atoms with van der Waals surface area (Å²) in [4.78, 5) is 14.5. The summed E-state index contributed by atoms with van der Waals surface area (Å²) in [6.45, 7) is 7.98. The van der Waals surface area contributed by atoms with Crippen LogP contribution in [0.2, 0.25) is 0 Å². The van der Waals surface area contributed by atoms with Crippen LogP contribution >= 0.6 is 0 Å². The third kappa shape index (κ3) is 2.71. The number of carbonyl (C=O) groups excluding carboxylic acids is 1. The highest BCUT2D eigenvalue weighted by Crippen LogP contribution is 2.26. The minimum absolute atomic E-state index is 0.117. The zero-order chi connectivity index (χ0) is 15.0. The van der Waals surface area contributed by atoms with E-state index in [-0.39, 0.29) is 11.3 Å². The normalized spacial score (nSPS) is 14.1. The van der Waals surface area contributed by atoms with Gasteiger partial charge in [-0.1, -0.05) is 57.2 Å². The first-order valence-electron chi connectivity index (χ1n) is 7.42. The highest BCUT2D eigenvalue weighted by atomic mass is 16.2. The molecular formula is C19H21NO. The number of benzene rings is 2. The number of amides is 1. The third-order valence-corrected chi connectivity index (χ3v) is 4.13. The molecule has 0 N–H and O–H groups in total. The zero-order valence-corrected chi connectivity index (χ0v) is 12.9. The van der Waals surface area contributed by atoms with Crippen LogP contribution in [0.4, 0.5) is 0 Å². The van der Waals surface area contributed by atoms with Crippen molar-refractivity contribution < 1.29 is 4.79 Å². The Morgan fingerprint density at radius 3 is 1.90 bits per heavy atom. The first-order valence-corrected chi connectivity index (χ1v) is 7.42. The Morgan fingerprint density at radius 1 is 0.905 bits per heavy atom. The molecule has 2 aromatic carbocycles. The Balaban J connectivity index is 1.78. The van der Waals surface area contributed by atoms with Crippen LogP contribution in [-0.4, -0.2) is 10.8 Å². The number of hydrogen-bond acceptors (Lipinski definition) is 1. The Hall–Kier alpha value is -2.09. The molecule has 2 nitrogen and oxygen atoms in total. The van der Waals surface area contributed by atoms with E-state index in [0.29, 0.717) is 0 Å². The van der Waals surface area contributed by atoms with E-state index in [0.717, 1.165) is 18.7 Å². The summed E-state index contributed by atoms with van der Waals surface area (Å²) >= 11 is 0. The van der Waals surface area contributed by atoms with Crippen LogP contribution < -0.4 is 0 Å². The van der Waals surface area contributed by atoms with E-state index in [9.17, 15) is 4.79 Å². The number of rotatable bonds is 1. The largest absolute Gasteiger partial charge is 0.330 e. The average molecular weight is 279 g/mol. The smallest absolute Gasteiger partial charge is 0.254 e. The van der Waals surface area contributed by atoms with Crippen molar-refractivity contribution in [1.82, 2.24) is 4.90 Å². The standard InChI is InChI=1S/C19H21NO/c1-19(2,3)17-10-8-14(9-11-17)18(21)20-12-15-6-4-5-7-16(15)13-20/h4-11H,12-13H2,1-3H3. The molecule has 1 heterocycles. The van der Waals surface area contributed by atoms with Gasteiger partial charge in [0.2, 0.25) is 0 Å². The highest BCUT2D eigenvalue weighted by molar-refractivity contribution is 5.94. The molecule has 3 rings (SSSR count). The fraction of sp³-hybridized carbons (Fsp3) is 0.316. The van der Waals surface area contributed by atoms with Gasteiger partial charge in [-0.25, -0.2) is 0 Å². The van der Waals surface area contributed by atoms with Gasteiger partial charge < -0.3 is 4.90 Å². The predicted molar refractivity (Wildman–Crippen MR) is 85.2 cm³/mol. The fourth-order valence-electron chi connectivity index (χ4n) is 2.77. The van der Waals surface area contributed by atoms with Crippen molar-refractivity contribution >= 4 is 5.91 Å². The molecule has 0 bridgehead atoms. The van der Waals surface area contributed by atoms with Crippen LogP contribution in [0.25, 0.3) is 0 Å². The number of carbonyl (C=O) groups is 1. The second-order valence-corrected chi connectivity index (χ2v) is 6.76. The number of nitrogens with zero attached hydrogens (tertiary/aromatic N) is 1. The van der Waals surface area contributed by atoms with Crippen LogP contribution in [0.3, 0.4) is 0 Å². The molecule has 0 aromatic heterocycles. The Morgan fingerprint density at radius 2 is 1.43 bits per heavy atom. The molecule has 0 saturated carbocycles. The summed E-state index contributed by atoms with van der Waals surface area (Å²) in [5, 5.41) is 0. The van der Waals surface area contributed by atoms with Crippen molar-refractivity contribution in [1.29, 1.82) is 0 Å². The van der Waals surface area contributed by atoms with Gasteiger partial charge in [0.05, 0.1) is 0 Å². The topological polar surface area (TPSA) is 20.3 Å². The van der Waals surface area contributed by atoms with Gasteiger partial charge in [0.25, 0.3) is 5.91 Å². The molecule has 0 radical (unpaired) electrons. The van der Waals surface area contributed by atoms with Crippen molar-refractivity contribution in [3.63, 3.8) is 0 Å². The van der Waals surface area contributed by atoms with Crippen LogP contribution in [0.1, 0.15) is 47.8 Å². The summed E-state index contributed by atoms with van der Waals surface area (Å²) < 4.78 is 0. The van der Waals surface area contributed by atoms with Gasteiger partial charge in [0.1, 0.15) is 0 Å². The van der Waals surface area contributed by atoms with Gasteiger partial charge in [-0.3, -0.25) is 4.79 Å². The highest BCUT2D eigenvalue weighted by Gasteiger charge is 2.24. The lowest BCUT2D eigenvalue weighted by atomic mass is 9.86. The van der Waals surface area contributed by atoms with Crippen molar-refractivity contribution in [2.45, 2.75) is 39.3 Å². The van der Waals surface area contributed by atoms with Crippen molar-refractivity contribution in [3.05, 3.63) is 70.8 Å². The van der Waals surface area contributed by atoms with Gasteiger partial charge in [-0.05, 0) is 34.2 Å². The fourth-order valence-corrected chi connectivity index (χ4v) is 2.77. The monoisotopic (exact) mass is 279 g/mol. The van der Waals surface area contributed by atoms with E-state index in [1.165, 1.54) is 16.7 Å². The summed E-state index contributed by atoms with van der Waals surface area (Å²) in [6.07, 6.45) is 0. The van der Waals surface area contributed by atoms with Gasteiger partial charge in [-0.2, -0.15) is 0 Å². The molecule has 21 heavy (non-hydrogen) atoms. The van der Waals surface area contributed by atoms with E-state index in [2.05, 4.69) is 45.0 Å². The molecule has 0 aliphatic carbocycles. The molecular weight excluding hydrogens is 258 g/mol. The van der Waals surface area contributed by atoms with Gasteiger partial charge in [0.15, 0.2) is 0 Å². The molecule has 1 amide bonds. The molecule has 2 heteroatoms. The molecule has 108 valence electrons. The number of hydrogen-bond donors (Lipinski definition) is 0. The minimum Gasteiger partial charge on any atom is -0.330 e. The van der Waals surface area contributed by atoms with Crippen LogP contribution in [0, 0.1) is 0 Å². The molecule has 0 spiro atoms. The van der Waals surface area contributed by atoms with Gasteiger partial charge in [-0.15, -0.1) is 0 Å². The van der Waals surface area contributed by atoms with Crippen molar-refractivity contribution in [2.24, 2.45) is 0 Å². The second-order valence-electron chi connectivity index (χ2n) is 6.76. The molecule has 0 unspecified atom stereocenters. The second kappa shape index (κ2) is 5.03. The average Bonchev–Trinajstić information content (AvgIpc) is 2.89. The maximum absolute atomic E-state index is 12.6. The number of fused-ring (bicyclic) bond motifs is 1. The van der Waals surface area contributed by atoms with E-state index < -0.39 is 0 Å². The van der Waals surface area contributed by atoms with E-state index >= 15 is 0 Å². The first-order chi connectivity index (χ1) is 9.95. The molecule has 1 aliphatic rings. The lowest BCUT2D eigenvalue weighted by Crippen LogP contribution is -2.25. The van der Waals surface area contributed by atoms with Gasteiger partial charge in [0, 0.05) is 18.7 Å².